The predicted octanol–water partition coefficient (Wildman–Crippen LogP) is 2.65. The number of carbonyl (C=O) groups excluding carboxylic acids is 1. The van der Waals surface area contributed by atoms with Crippen LogP contribution in [0, 0.1) is 5.92 Å². The Bertz CT molecular complexity index is 417. The van der Waals surface area contributed by atoms with Crippen LogP contribution < -0.4 is 5.32 Å². The number of esters is 1. The monoisotopic (exact) mass is 263 g/mol. The fraction of sp³-hybridized carbons (Fsp3) is 0.643. The van der Waals surface area contributed by atoms with Crippen molar-refractivity contribution in [3.05, 3.63) is 18.1 Å². The molecule has 0 amide bonds. The summed E-state index contributed by atoms with van der Waals surface area (Å²) in [6.45, 7) is 3.05. The first-order chi connectivity index (χ1) is 9.29. The van der Waals surface area contributed by atoms with E-state index < -0.39 is 5.97 Å². The third kappa shape index (κ3) is 4.19. The van der Waals surface area contributed by atoms with Crippen molar-refractivity contribution in [2.24, 2.45) is 5.92 Å². The molecule has 0 radical (unpaired) electrons. The number of ether oxygens (including phenoxy) is 1. The van der Waals surface area contributed by atoms with Gasteiger partial charge in [-0.2, -0.15) is 0 Å². The minimum absolute atomic E-state index is 0.308. The molecule has 104 valence electrons. The fourth-order valence-electron chi connectivity index (χ4n) is 2.41. The van der Waals surface area contributed by atoms with Crippen LogP contribution in [0.2, 0.25) is 0 Å². The average Bonchev–Trinajstić information content (AvgIpc) is 2.47. The maximum absolute atomic E-state index is 11.6. The lowest BCUT2D eigenvalue weighted by atomic mass is 9.89. The van der Waals surface area contributed by atoms with Gasteiger partial charge in [-0.15, -0.1) is 0 Å². The Morgan fingerprint density at radius 3 is 2.89 bits per heavy atom. The lowest BCUT2D eigenvalue weighted by Crippen LogP contribution is -2.18. The van der Waals surface area contributed by atoms with Gasteiger partial charge in [0.15, 0.2) is 5.69 Å². The summed E-state index contributed by atoms with van der Waals surface area (Å²) in [5.41, 5.74) is 0.308. The van der Waals surface area contributed by atoms with Crippen LogP contribution in [0.5, 0.6) is 0 Å². The molecule has 1 aliphatic rings. The Morgan fingerprint density at radius 1 is 1.37 bits per heavy atom. The van der Waals surface area contributed by atoms with Crippen LogP contribution in [-0.4, -0.2) is 29.1 Å². The highest BCUT2D eigenvalue weighted by Crippen LogP contribution is 2.23. The summed E-state index contributed by atoms with van der Waals surface area (Å²) in [5.74, 6) is 1.02. The van der Waals surface area contributed by atoms with E-state index in [4.69, 9.17) is 4.74 Å². The SMILES string of the molecule is CCOC(=O)c1cc(NCC2CCCCC2)ncn1. The van der Waals surface area contributed by atoms with Crippen molar-refractivity contribution in [2.75, 3.05) is 18.5 Å². The van der Waals surface area contributed by atoms with Gasteiger partial charge >= 0.3 is 5.97 Å². The second-order valence-corrected chi connectivity index (χ2v) is 4.89. The van der Waals surface area contributed by atoms with E-state index in [1.807, 2.05) is 0 Å². The molecule has 0 aliphatic heterocycles. The van der Waals surface area contributed by atoms with Gasteiger partial charge in [-0.1, -0.05) is 19.3 Å². The minimum atomic E-state index is -0.398. The molecule has 1 aromatic rings. The van der Waals surface area contributed by atoms with Gasteiger partial charge in [0.05, 0.1) is 6.61 Å². The van der Waals surface area contributed by atoms with Crippen molar-refractivity contribution >= 4 is 11.8 Å². The number of hydrogen-bond donors (Lipinski definition) is 1. The maximum atomic E-state index is 11.6. The first kappa shape index (κ1) is 13.8. The molecule has 1 aliphatic carbocycles. The number of anilines is 1. The molecule has 0 saturated heterocycles. The van der Waals surface area contributed by atoms with Crippen LogP contribution in [0.3, 0.4) is 0 Å². The van der Waals surface area contributed by atoms with Gasteiger partial charge in [0.25, 0.3) is 0 Å². The highest BCUT2D eigenvalue weighted by atomic mass is 16.5. The lowest BCUT2D eigenvalue weighted by Gasteiger charge is -2.21. The standard InChI is InChI=1S/C14H21N3O2/c1-2-19-14(18)12-8-13(17-10-16-12)15-9-11-6-4-3-5-7-11/h8,10-11H,2-7,9H2,1H3,(H,15,16,17). The second kappa shape index (κ2) is 7.07. The quantitative estimate of drug-likeness (QED) is 0.827. The number of rotatable bonds is 5. The first-order valence-electron chi connectivity index (χ1n) is 7.02. The van der Waals surface area contributed by atoms with Gasteiger partial charge in [0.2, 0.25) is 0 Å². The molecule has 19 heavy (non-hydrogen) atoms. The molecule has 0 spiro atoms. The number of hydrogen-bond acceptors (Lipinski definition) is 5. The zero-order chi connectivity index (χ0) is 13.5. The number of nitrogens with zero attached hydrogens (tertiary/aromatic N) is 2. The summed E-state index contributed by atoms with van der Waals surface area (Å²) < 4.78 is 4.92. The minimum Gasteiger partial charge on any atom is -0.461 e. The summed E-state index contributed by atoms with van der Waals surface area (Å²) >= 11 is 0. The molecule has 5 heteroatoms. The largest absolute Gasteiger partial charge is 0.461 e. The number of aromatic nitrogens is 2. The predicted molar refractivity (Wildman–Crippen MR) is 73.1 cm³/mol. The van der Waals surface area contributed by atoms with Gasteiger partial charge in [-0.25, -0.2) is 14.8 Å². The molecular formula is C14H21N3O2. The van der Waals surface area contributed by atoms with E-state index >= 15 is 0 Å². The Hall–Kier alpha value is -1.65. The van der Waals surface area contributed by atoms with Crippen LogP contribution >= 0.6 is 0 Å². The van der Waals surface area contributed by atoms with Crippen molar-refractivity contribution in [3.8, 4) is 0 Å². The summed E-state index contributed by atoms with van der Waals surface area (Å²) in [4.78, 5) is 19.6. The highest BCUT2D eigenvalue weighted by Gasteiger charge is 2.14. The van der Waals surface area contributed by atoms with E-state index in [-0.39, 0.29) is 0 Å². The molecule has 2 rings (SSSR count). The molecule has 1 heterocycles. The summed E-state index contributed by atoms with van der Waals surface area (Å²) in [7, 11) is 0. The first-order valence-corrected chi connectivity index (χ1v) is 7.02. The molecule has 0 unspecified atom stereocenters. The molecule has 0 aromatic carbocycles. The third-order valence-corrected chi connectivity index (χ3v) is 3.45. The van der Waals surface area contributed by atoms with Crippen LogP contribution in [0.1, 0.15) is 49.5 Å². The molecule has 1 fully saturated rings. The van der Waals surface area contributed by atoms with Crippen molar-refractivity contribution < 1.29 is 9.53 Å². The Labute approximate surface area is 113 Å². The maximum Gasteiger partial charge on any atom is 0.357 e. The highest BCUT2D eigenvalue weighted by molar-refractivity contribution is 5.87. The smallest absolute Gasteiger partial charge is 0.357 e. The van der Waals surface area contributed by atoms with E-state index in [0.29, 0.717) is 18.1 Å². The topological polar surface area (TPSA) is 64.1 Å². The molecule has 0 bridgehead atoms. The third-order valence-electron chi connectivity index (χ3n) is 3.45. The van der Waals surface area contributed by atoms with E-state index in [1.54, 1.807) is 13.0 Å². The molecule has 1 saturated carbocycles. The van der Waals surface area contributed by atoms with Crippen LogP contribution in [-0.2, 0) is 4.74 Å². The zero-order valence-electron chi connectivity index (χ0n) is 11.4. The fourth-order valence-corrected chi connectivity index (χ4v) is 2.41. The zero-order valence-corrected chi connectivity index (χ0v) is 11.4. The van der Waals surface area contributed by atoms with Gasteiger partial charge in [0, 0.05) is 12.6 Å². The van der Waals surface area contributed by atoms with Crippen molar-refractivity contribution in [2.45, 2.75) is 39.0 Å². The second-order valence-electron chi connectivity index (χ2n) is 4.89. The Morgan fingerprint density at radius 2 is 2.16 bits per heavy atom. The summed E-state index contributed by atoms with van der Waals surface area (Å²) in [6.07, 6.45) is 7.96. The van der Waals surface area contributed by atoms with Gasteiger partial charge < -0.3 is 10.1 Å². The normalized spacial score (nSPS) is 16.1. The molecule has 0 atom stereocenters. The van der Waals surface area contributed by atoms with E-state index in [1.165, 1.54) is 38.4 Å². The van der Waals surface area contributed by atoms with Crippen LogP contribution in [0.25, 0.3) is 0 Å². The van der Waals surface area contributed by atoms with Gasteiger partial charge in [0.1, 0.15) is 12.1 Å². The van der Waals surface area contributed by atoms with Gasteiger partial charge in [-0.3, -0.25) is 0 Å². The Kier molecular flexibility index (Phi) is 5.12. The van der Waals surface area contributed by atoms with Crippen molar-refractivity contribution in [1.29, 1.82) is 0 Å². The average molecular weight is 263 g/mol. The molecule has 1 aromatic heterocycles. The summed E-state index contributed by atoms with van der Waals surface area (Å²) in [5, 5.41) is 3.29. The van der Waals surface area contributed by atoms with Crippen molar-refractivity contribution in [1.82, 2.24) is 9.97 Å². The van der Waals surface area contributed by atoms with E-state index in [0.717, 1.165) is 12.5 Å². The molecular weight excluding hydrogens is 242 g/mol. The molecule has 1 N–H and O–H groups in total. The van der Waals surface area contributed by atoms with Crippen LogP contribution in [0.4, 0.5) is 5.82 Å². The van der Waals surface area contributed by atoms with Crippen molar-refractivity contribution in [3.63, 3.8) is 0 Å². The number of carbonyl (C=O) groups is 1. The number of nitrogens with one attached hydrogen (secondary N) is 1. The van der Waals surface area contributed by atoms with E-state index in [2.05, 4.69) is 15.3 Å². The Balaban J connectivity index is 1.89. The van der Waals surface area contributed by atoms with Gasteiger partial charge in [-0.05, 0) is 25.7 Å². The van der Waals surface area contributed by atoms with Crippen LogP contribution in [0.15, 0.2) is 12.4 Å². The molecule has 5 nitrogen and oxygen atoms in total. The summed E-state index contributed by atoms with van der Waals surface area (Å²) in [6, 6.07) is 1.65. The van der Waals surface area contributed by atoms with E-state index in [9.17, 15) is 4.79 Å². The lowest BCUT2D eigenvalue weighted by molar-refractivity contribution is 0.0519.